The van der Waals surface area contributed by atoms with E-state index < -0.39 is 0 Å². The van der Waals surface area contributed by atoms with E-state index in [1.54, 1.807) is 0 Å². The predicted molar refractivity (Wildman–Crippen MR) is 42.1 cm³/mol. The summed E-state index contributed by atoms with van der Waals surface area (Å²) in [7, 11) is 0. The molecule has 2 rings (SSSR count). The van der Waals surface area contributed by atoms with Gasteiger partial charge in [0.05, 0.1) is 5.60 Å². The Kier molecular flexibility index (Phi) is 1.69. The number of hydrogen-bond acceptors (Lipinski definition) is 2. The summed E-state index contributed by atoms with van der Waals surface area (Å²) in [6.45, 7) is 0.263. The molecule has 64 valence electrons. The van der Waals surface area contributed by atoms with Crippen LogP contribution in [-0.4, -0.2) is 22.4 Å². The Morgan fingerprint density at radius 2 is 2.27 bits per heavy atom. The van der Waals surface area contributed by atoms with Gasteiger partial charge in [0.15, 0.2) is 0 Å². The van der Waals surface area contributed by atoms with Crippen LogP contribution in [0, 0.1) is 11.8 Å². The van der Waals surface area contributed by atoms with Gasteiger partial charge >= 0.3 is 0 Å². The van der Waals surface area contributed by atoms with Gasteiger partial charge in [0, 0.05) is 6.61 Å². The van der Waals surface area contributed by atoms with E-state index in [0.29, 0.717) is 11.8 Å². The monoisotopic (exact) mass is 156 g/mol. The van der Waals surface area contributed by atoms with Crippen molar-refractivity contribution in [2.24, 2.45) is 11.8 Å². The van der Waals surface area contributed by atoms with Gasteiger partial charge in [-0.3, -0.25) is 0 Å². The third kappa shape index (κ3) is 1.09. The van der Waals surface area contributed by atoms with Crippen molar-refractivity contribution in [1.82, 2.24) is 0 Å². The second-order valence-electron chi connectivity index (χ2n) is 4.18. The molecule has 0 aromatic rings. The molecule has 3 atom stereocenters. The first kappa shape index (κ1) is 7.56. The van der Waals surface area contributed by atoms with Crippen LogP contribution in [0.15, 0.2) is 0 Å². The molecule has 0 amide bonds. The van der Waals surface area contributed by atoms with Gasteiger partial charge in [-0.05, 0) is 37.5 Å². The topological polar surface area (TPSA) is 40.5 Å². The third-order valence-electron chi connectivity index (χ3n) is 3.44. The van der Waals surface area contributed by atoms with Crippen LogP contribution in [0.1, 0.15) is 32.1 Å². The maximum Gasteiger partial charge on any atom is 0.0679 e. The molecule has 0 aromatic heterocycles. The van der Waals surface area contributed by atoms with Crippen molar-refractivity contribution in [3.63, 3.8) is 0 Å². The predicted octanol–water partition coefficient (Wildman–Crippen LogP) is 0.920. The van der Waals surface area contributed by atoms with Crippen LogP contribution in [-0.2, 0) is 0 Å². The molecule has 0 saturated heterocycles. The van der Waals surface area contributed by atoms with Crippen LogP contribution in [0.25, 0.3) is 0 Å². The summed E-state index contributed by atoms with van der Waals surface area (Å²) in [5.74, 6) is 0.880. The van der Waals surface area contributed by atoms with Crippen molar-refractivity contribution >= 4 is 0 Å². The zero-order valence-corrected chi connectivity index (χ0v) is 6.79. The number of aliphatic hydroxyl groups is 2. The van der Waals surface area contributed by atoms with E-state index >= 15 is 0 Å². The molecule has 0 radical (unpaired) electrons. The van der Waals surface area contributed by atoms with Gasteiger partial charge in [-0.25, -0.2) is 0 Å². The lowest BCUT2D eigenvalue weighted by molar-refractivity contribution is 0.0191. The lowest BCUT2D eigenvalue weighted by Crippen LogP contribution is -2.27. The van der Waals surface area contributed by atoms with Gasteiger partial charge in [-0.15, -0.1) is 0 Å². The van der Waals surface area contributed by atoms with E-state index in [4.69, 9.17) is 5.11 Å². The Hall–Kier alpha value is -0.0800. The number of aliphatic hydroxyl groups excluding tert-OH is 1. The number of fused-ring (bicyclic) bond motifs is 1. The van der Waals surface area contributed by atoms with Crippen molar-refractivity contribution in [2.75, 3.05) is 6.61 Å². The van der Waals surface area contributed by atoms with Crippen LogP contribution < -0.4 is 0 Å². The summed E-state index contributed by atoms with van der Waals surface area (Å²) in [5, 5.41) is 18.9. The van der Waals surface area contributed by atoms with Gasteiger partial charge in [0.1, 0.15) is 0 Å². The summed E-state index contributed by atoms with van der Waals surface area (Å²) < 4.78 is 0. The highest BCUT2D eigenvalue weighted by atomic mass is 16.3. The van der Waals surface area contributed by atoms with Crippen molar-refractivity contribution in [3.8, 4) is 0 Å². The lowest BCUT2D eigenvalue weighted by Gasteiger charge is -2.21. The minimum absolute atomic E-state index is 0.263. The van der Waals surface area contributed by atoms with Gasteiger partial charge < -0.3 is 10.2 Å². The summed E-state index contributed by atoms with van der Waals surface area (Å²) in [4.78, 5) is 0. The van der Waals surface area contributed by atoms with Crippen molar-refractivity contribution in [3.05, 3.63) is 0 Å². The van der Waals surface area contributed by atoms with Gasteiger partial charge in [0.2, 0.25) is 0 Å². The van der Waals surface area contributed by atoms with E-state index in [1.165, 1.54) is 12.8 Å². The van der Waals surface area contributed by atoms with E-state index in [2.05, 4.69) is 0 Å². The molecule has 2 N–H and O–H groups in total. The number of rotatable bonds is 1. The van der Waals surface area contributed by atoms with Crippen molar-refractivity contribution < 1.29 is 10.2 Å². The maximum absolute atomic E-state index is 10.0. The molecule has 0 unspecified atom stereocenters. The first-order valence-electron chi connectivity index (χ1n) is 4.58. The Morgan fingerprint density at radius 3 is 2.91 bits per heavy atom. The highest BCUT2D eigenvalue weighted by Gasteiger charge is 2.48. The fourth-order valence-corrected chi connectivity index (χ4v) is 2.86. The molecule has 0 aliphatic heterocycles. The van der Waals surface area contributed by atoms with Crippen molar-refractivity contribution in [1.29, 1.82) is 0 Å². The summed E-state index contributed by atoms with van der Waals surface area (Å²) in [5.41, 5.74) is -0.382. The highest BCUT2D eigenvalue weighted by Crippen LogP contribution is 2.49. The quantitative estimate of drug-likeness (QED) is 0.592. The van der Waals surface area contributed by atoms with Crippen LogP contribution in [0.5, 0.6) is 0 Å². The molecule has 0 aromatic carbocycles. The molecule has 2 heteroatoms. The average molecular weight is 156 g/mol. The molecule has 2 saturated carbocycles. The first-order valence-corrected chi connectivity index (χ1v) is 4.58. The molecule has 11 heavy (non-hydrogen) atoms. The van der Waals surface area contributed by atoms with Crippen LogP contribution in [0.3, 0.4) is 0 Å². The number of hydrogen-bond donors (Lipinski definition) is 2. The van der Waals surface area contributed by atoms with Gasteiger partial charge in [0.25, 0.3) is 0 Å². The molecule has 0 bridgehead atoms. The summed E-state index contributed by atoms with van der Waals surface area (Å²) in [6, 6.07) is 0. The van der Waals surface area contributed by atoms with Crippen LogP contribution in [0.2, 0.25) is 0 Å². The minimum atomic E-state index is -0.382. The Morgan fingerprint density at radius 1 is 1.45 bits per heavy atom. The highest BCUT2D eigenvalue weighted by molar-refractivity contribution is 4.99. The fourth-order valence-electron chi connectivity index (χ4n) is 2.86. The van der Waals surface area contributed by atoms with Crippen LogP contribution in [0.4, 0.5) is 0 Å². The SMILES string of the molecule is OC[C@H]1C[C@@H]2CCC[C@@]2(O)C1. The molecular weight excluding hydrogens is 140 g/mol. The molecule has 2 aliphatic rings. The zero-order chi connectivity index (χ0) is 7.90. The molecular formula is C9H16O2. The Bertz CT molecular complexity index is 158. The van der Waals surface area contributed by atoms with Gasteiger partial charge in [-0.1, -0.05) is 6.42 Å². The Balaban J connectivity index is 2.06. The summed E-state index contributed by atoms with van der Waals surface area (Å²) in [6.07, 6.45) is 5.21. The molecule has 0 heterocycles. The van der Waals surface area contributed by atoms with E-state index in [-0.39, 0.29) is 12.2 Å². The second-order valence-corrected chi connectivity index (χ2v) is 4.18. The van der Waals surface area contributed by atoms with Crippen molar-refractivity contribution in [2.45, 2.75) is 37.7 Å². The Labute approximate surface area is 67.2 Å². The molecule has 2 aliphatic carbocycles. The molecule has 2 fully saturated rings. The standard InChI is InChI=1S/C9H16O2/c10-6-7-4-8-2-1-3-9(8,11)5-7/h7-8,10-11H,1-6H2/t7-,8-,9+/m0/s1. The van der Waals surface area contributed by atoms with E-state index in [1.807, 2.05) is 0 Å². The third-order valence-corrected chi connectivity index (χ3v) is 3.44. The lowest BCUT2D eigenvalue weighted by atomic mass is 9.95. The smallest absolute Gasteiger partial charge is 0.0679 e. The largest absolute Gasteiger partial charge is 0.396 e. The van der Waals surface area contributed by atoms with E-state index in [9.17, 15) is 5.11 Å². The molecule has 2 nitrogen and oxygen atoms in total. The normalized spacial score (nSPS) is 49.6. The minimum Gasteiger partial charge on any atom is -0.396 e. The maximum atomic E-state index is 10.0. The van der Waals surface area contributed by atoms with E-state index in [0.717, 1.165) is 19.3 Å². The second kappa shape index (κ2) is 2.46. The van der Waals surface area contributed by atoms with Gasteiger partial charge in [-0.2, -0.15) is 0 Å². The molecule has 0 spiro atoms. The zero-order valence-electron chi connectivity index (χ0n) is 6.79. The van der Waals surface area contributed by atoms with Crippen LogP contribution >= 0.6 is 0 Å². The fraction of sp³-hybridized carbons (Fsp3) is 1.00. The first-order chi connectivity index (χ1) is 5.24. The summed E-state index contributed by atoms with van der Waals surface area (Å²) >= 11 is 0. The average Bonchev–Trinajstić information content (AvgIpc) is 2.42.